The number of hydrogen-bond acceptors (Lipinski definition) is 7. The summed E-state index contributed by atoms with van der Waals surface area (Å²) in [5.74, 6) is -2.47. The van der Waals surface area contributed by atoms with Crippen molar-refractivity contribution in [2.24, 2.45) is 0 Å². The molecule has 0 aromatic heterocycles. The van der Waals surface area contributed by atoms with E-state index in [1.165, 1.54) is 0 Å². The van der Waals surface area contributed by atoms with Gasteiger partial charge in [-0.15, -0.1) is 0 Å². The standard InChI is InChI=1S/C11H21NO8/c13-5-7(15)3-12(4-8(16)6-14)9(11(19)20)1-2-10(17)18/h7-9,13-16H,1-6H2,(H,17,18)(H,19,20). The highest BCUT2D eigenvalue weighted by atomic mass is 16.4. The third-order valence-electron chi connectivity index (χ3n) is 2.67. The number of hydrogen-bond donors (Lipinski definition) is 6. The number of aliphatic hydroxyl groups is 4. The zero-order chi connectivity index (χ0) is 15.7. The molecular formula is C11H21NO8. The summed E-state index contributed by atoms with van der Waals surface area (Å²) in [5, 5.41) is 54.0. The van der Waals surface area contributed by atoms with E-state index in [1.54, 1.807) is 0 Å². The molecule has 3 unspecified atom stereocenters. The average Bonchev–Trinajstić information content (AvgIpc) is 2.37. The Hall–Kier alpha value is -1.26. The second-order valence-corrected chi connectivity index (χ2v) is 4.41. The fourth-order valence-corrected chi connectivity index (χ4v) is 1.71. The molecule has 0 rings (SSSR count). The zero-order valence-electron chi connectivity index (χ0n) is 10.9. The predicted octanol–water partition coefficient (Wildman–Crippen LogP) is -2.69. The second-order valence-electron chi connectivity index (χ2n) is 4.41. The summed E-state index contributed by atoms with van der Waals surface area (Å²) in [6.45, 7) is -1.72. The van der Waals surface area contributed by atoms with Gasteiger partial charge in [-0.05, 0) is 6.42 Å². The number of rotatable bonds is 11. The van der Waals surface area contributed by atoms with Crippen molar-refractivity contribution >= 4 is 11.9 Å². The largest absolute Gasteiger partial charge is 0.481 e. The van der Waals surface area contributed by atoms with Gasteiger partial charge in [-0.3, -0.25) is 14.5 Å². The number of aliphatic hydroxyl groups excluding tert-OH is 4. The smallest absolute Gasteiger partial charge is 0.320 e. The van der Waals surface area contributed by atoms with Crippen LogP contribution in [-0.4, -0.2) is 92.0 Å². The lowest BCUT2D eigenvalue weighted by molar-refractivity contribution is -0.146. The maximum Gasteiger partial charge on any atom is 0.320 e. The van der Waals surface area contributed by atoms with Gasteiger partial charge in [0.2, 0.25) is 0 Å². The average molecular weight is 295 g/mol. The number of carboxylic acid groups (broad SMARTS) is 2. The summed E-state index contributed by atoms with van der Waals surface area (Å²) in [7, 11) is 0. The highest BCUT2D eigenvalue weighted by Gasteiger charge is 2.29. The van der Waals surface area contributed by atoms with Crippen LogP contribution in [0.1, 0.15) is 12.8 Å². The first-order chi connectivity index (χ1) is 9.31. The normalized spacial score (nSPS) is 15.8. The lowest BCUT2D eigenvalue weighted by atomic mass is 10.1. The van der Waals surface area contributed by atoms with Crippen molar-refractivity contribution in [2.45, 2.75) is 31.1 Å². The molecule has 0 fully saturated rings. The maximum atomic E-state index is 11.2. The molecular weight excluding hydrogens is 274 g/mol. The highest BCUT2D eigenvalue weighted by molar-refractivity contribution is 5.75. The van der Waals surface area contributed by atoms with Crippen LogP contribution >= 0.6 is 0 Å². The zero-order valence-corrected chi connectivity index (χ0v) is 10.9. The summed E-state index contributed by atoms with van der Waals surface area (Å²) in [6, 6.07) is -1.24. The van der Waals surface area contributed by atoms with Crippen LogP contribution in [0.25, 0.3) is 0 Å². The molecule has 0 aromatic carbocycles. The summed E-state index contributed by atoms with van der Waals surface area (Å²) >= 11 is 0. The van der Waals surface area contributed by atoms with E-state index in [4.69, 9.17) is 20.4 Å². The molecule has 9 heteroatoms. The molecule has 3 atom stereocenters. The minimum absolute atomic E-state index is 0.221. The van der Waals surface area contributed by atoms with E-state index in [0.717, 1.165) is 4.90 Å². The number of nitrogens with zero attached hydrogens (tertiary/aromatic N) is 1. The van der Waals surface area contributed by atoms with E-state index in [2.05, 4.69) is 0 Å². The molecule has 9 nitrogen and oxygen atoms in total. The van der Waals surface area contributed by atoms with Gasteiger partial charge in [-0.25, -0.2) is 0 Å². The third-order valence-corrected chi connectivity index (χ3v) is 2.67. The summed E-state index contributed by atoms with van der Waals surface area (Å²) < 4.78 is 0. The first-order valence-corrected chi connectivity index (χ1v) is 6.08. The molecule has 0 radical (unpaired) electrons. The maximum absolute atomic E-state index is 11.2. The molecule has 0 saturated carbocycles. The minimum Gasteiger partial charge on any atom is -0.481 e. The van der Waals surface area contributed by atoms with Crippen LogP contribution in [0.3, 0.4) is 0 Å². The van der Waals surface area contributed by atoms with Gasteiger partial charge >= 0.3 is 11.9 Å². The Labute approximate surface area is 115 Å². The monoisotopic (exact) mass is 295 g/mol. The Balaban J connectivity index is 4.87. The Kier molecular flexibility index (Phi) is 9.01. The van der Waals surface area contributed by atoms with E-state index in [1.807, 2.05) is 0 Å². The van der Waals surface area contributed by atoms with Crippen LogP contribution in [0.4, 0.5) is 0 Å². The topological polar surface area (TPSA) is 159 Å². The number of carboxylic acids is 2. The molecule has 0 aliphatic carbocycles. The Bertz CT molecular complexity index is 299. The van der Waals surface area contributed by atoms with Crippen LogP contribution in [0.15, 0.2) is 0 Å². The van der Waals surface area contributed by atoms with Crippen LogP contribution in [0.2, 0.25) is 0 Å². The van der Waals surface area contributed by atoms with Crippen LogP contribution in [-0.2, 0) is 9.59 Å². The van der Waals surface area contributed by atoms with Gasteiger partial charge in [-0.1, -0.05) is 0 Å². The molecule has 20 heavy (non-hydrogen) atoms. The molecule has 0 amide bonds. The number of carbonyl (C=O) groups is 2. The quantitative estimate of drug-likeness (QED) is 0.239. The van der Waals surface area contributed by atoms with Crippen molar-refractivity contribution in [3.8, 4) is 0 Å². The minimum atomic E-state index is -1.30. The predicted molar refractivity (Wildman–Crippen MR) is 66.1 cm³/mol. The van der Waals surface area contributed by atoms with Crippen LogP contribution in [0.5, 0.6) is 0 Å². The second kappa shape index (κ2) is 9.61. The number of aliphatic carboxylic acids is 2. The van der Waals surface area contributed by atoms with Crippen LogP contribution in [0, 0.1) is 0 Å². The van der Waals surface area contributed by atoms with E-state index in [0.29, 0.717) is 0 Å². The summed E-state index contributed by atoms with van der Waals surface area (Å²) in [6.07, 6.45) is -3.07. The molecule has 118 valence electrons. The Morgan fingerprint density at radius 1 is 0.950 bits per heavy atom. The first kappa shape index (κ1) is 18.7. The van der Waals surface area contributed by atoms with Crippen molar-refractivity contribution in [1.29, 1.82) is 0 Å². The fourth-order valence-electron chi connectivity index (χ4n) is 1.71. The molecule has 6 N–H and O–H groups in total. The third kappa shape index (κ3) is 7.36. The molecule has 0 heterocycles. The fraction of sp³-hybridized carbons (Fsp3) is 0.818. The van der Waals surface area contributed by atoms with Crippen molar-refractivity contribution in [3.63, 3.8) is 0 Å². The highest BCUT2D eigenvalue weighted by Crippen LogP contribution is 2.10. The summed E-state index contributed by atoms with van der Waals surface area (Å²) in [4.78, 5) is 22.8. The van der Waals surface area contributed by atoms with Gasteiger partial charge in [0, 0.05) is 19.5 Å². The molecule has 0 aliphatic rings. The van der Waals surface area contributed by atoms with Crippen LogP contribution < -0.4 is 0 Å². The summed E-state index contributed by atoms with van der Waals surface area (Å²) in [5.41, 5.74) is 0. The van der Waals surface area contributed by atoms with Crippen molar-refractivity contribution in [3.05, 3.63) is 0 Å². The SMILES string of the molecule is O=C(O)CCC(C(=O)O)N(CC(O)CO)CC(O)CO. The molecule has 0 bridgehead atoms. The van der Waals surface area contributed by atoms with Gasteiger partial charge in [-0.2, -0.15) is 0 Å². The van der Waals surface area contributed by atoms with Gasteiger partial charge in [0.1, 0.15) is 6.04 Å². The lowest BCUT2D eigenvalue weighted by Gasteiger charge is -2.31. The molecule has 0 aromatic rings. The van der Waals surface area contributed by atoms with E-state index in [9.17, 15) is 19.8 Å². The van der Waals surface area contributed by atoms with Crippen molar-refractivity contribution < 1.29 is 40.2 Å². The van der Waals surface area contributed by atoms with Gasteiger partial charge in [0.05, 0.1) is 25.4 Å². The first-order valence-electron chi connectivity index (χ1n) is 6.08. The van der Waals surface area contributed by atoms with Crippen molar-refractivity contribution in [1.82, 2.24) is 4.90 Å². The lowest BCUT2D eigenvalue weighted by Crippen LogP contribution is -2.49. The Morgan fingerprint density at radius 2 is 1.40 bits per heavy atom. The molecule has 0 spiro atoms. The van der Waals surface area contributed by atoms with Gasteiger partial charge in [0.25, 0.3) is 0 Å². The van der Waals surface area contributed by atoms with E-state index >= 15 is 0 Å². The molecule has 0 aliphatic heterocycles. The van der Waals surface area contributed by atoms with Gasteiger partial charge < -0.3 is 30.6 Å². The Morgan fingerprint density at radius 3 is 1.70 bits per heavy atom. The van der Waals surface area contributed by atoms with Crippen molar-refractivity contribution in [2.75, 3.05) is 26.3 Å². The van der Waals surface area contributed by atoms with E-state index < -0.39 is 49.8 Å². The van der Waals surface area contributed by atoms with Gasteiger partial charge in [0.15, 0.2) is 0 Å². The van der Waals surface area contributed by atoms with E-state index in [-0.39, 0.29) is 19.5 Å². The molecule has 0 saturated heterocycles.